The molecule has 0 aromatic heterocycles. The smallest absolute Gasteiger partial charge is 0.218 e. The van der Waals surface area contributed by atoms with Gasteiger partial charge in [-0.1, -0.05) is 0 Å². The van der Waals surface area contributed by atoms with Crippen molar-refractivity contribution < 1.29 is 14.4 Å². The van der Waals surface area contributed by atoms with Crippen LogP contribution in [0.5, 0.6) is 0 Å². The van der Waals surface area contributed by atoms with Crippen molar-refractivity contribution in [3.05, 3.63) is 0 Å². The molecule has 0 spiro atoms. The SMILES string of the molecule is CC(=O)CC(NC(C)=O)NC(C)=O. The van der Waals surface area contributed by atoms with E-state index in [4.69, 9.17) is 0 Å². The average Bonchev–Trinajstić information content (AvgIpc) is 1.80. The Bertz CT molecular complexity index is 187. The zero-order chi connectivity index (χ0) is 10.4. The van der Waals surface area contributed by atoms with E-state index in [0.717, 1.165) is 0 Å². The summed E-state index contributed by atoms with van der Waals surface area (Å²) in [5.74, 6) is -0.646. The Hall–Kier alpha value is -1.39. The summed E-state index contributed by atoms with van der Waals surface area (Å²) in [6, 6.07) is 0. The van der Waals surface area contributed by atoms with E-state index in [1.165, 1.54) is 20.8 Å². The lowest BCUT2D eigenvalue weighted by Gasteiger charge is -2.16. The summed E-state index contributed by atoms with van der Waals surface area (Å²) in [7, 11) is 0. The lowest BCUT2D eigenvalue weighted by atomic mass is 10.2. The minimum absolute atomic E-state index is 0.0903. The van der Waals surface area contributed by atoms with Gasteiger partial charge in [-0.3, -0.25) is 14.4 Å². The van der Waals surface area contributed by atoms with Gasteiger partial charge in [0.05, 0.1) is 0 Å². The molecule has 0 radical (unpaired) electrons. The van der Waals surface area contributed by atoms with Crippen molar-refractivity contribution in [1.82, 2.24) is 10.6 Å². The zero-order valence-electron chi connectivity index (χ0n) is 8.01. The second kappa shape index (κ2) is 5.29. The van der Waals surface area contributed by atoms with Crippen LogP contribution in [-0.2, 0) is 14.4 Å². The third-order valence-electron chi connectivity index (χ3n) is 1.25. The van der Waals surface area contributed by atoms with Crippen LogP contribution in [-0.4, -0.2) is 23.8 Å². The Labute approximate surface area is 76.9 Å². The molecule has 2 N–H and O–H groups in total. The Morgan fingerprint density at radius 1 is 1.00 bits per heavy atom. The van der Waals surface area contributed by atoms with Crippen LogP contribution in [0.15, 0.2) is 0 Å². The molecule has 0 unspecified atom stereocenters. The highest BCUT2D eigenvalue weighted by Gasteiger charge is 2.12. The van der Waals surface area contributed by atoms with E-state index in [-0.39, 0.29) is 24.0 Å². The molecule has 0 aliphatic rings. The summed E-state index contributed by atoms with van der Waals surface area (Å²) in [5.41, 5.74) is 0. The molecule has 5 nitrogen and oxygen atoms in total. The lowest BCUT2D eigenvalue weighted by molar-refractivity contribution is -0.123. The van der Waals surface area contributed by atoms with Crippen molar-refractivity contribution >= 4 is 17.6 Å². The van der Waals surface area contributed by atoms with Gasteiger partial charge < -0.3 is 10.6 Å². The molecule has 2 amide bonds. The van der Waals surface area contributed by atoms with Gasteiger partial charge in [0, 0.05) is 20.3 Å². The lowest BCUT2D eigenvalue weighted by Crippen LogP contribution is -2.47. The first-order valence-electron chi connectivity index (χ1n) is 3.95. The molecule has 0 saturated heterocycles. The second-order valence-corrected chi connectivity index (χ2v) is 2.86. The van der Waals surface area contributed by atoms with Crippen molar-refractivity contribution in [2.45, 2.75) is 33.4 Å². The highest BCUT2D eigenvalue weighted by Crippen LogP contribution is 1.89. The molecular weight excluding hydrogens is 172 g/mol. The molecule has 5 heteroatoms. The molecule has 0 rings (SSSR count). The molecule has 0 atom stereocenters. The molecule has 0 aliphatic carbocycles. The number of hydrogen-bond donors (Lipinski definition) is 2. The number of hydrogen-bond acceptors (Lipinski definition) is 3. The Kier molecular flexibility index (Phi) is 4.72. The van der Waals surface area contributed by atoms with Gasteiger partial charge in [-0.05, 0) is 6.92 Å². The Morgan fingerprint density at radius 3 is 1.62 bits per heavy atom. The summed E-state index contributed by atoms with van der Waals surface area (Å²) in [5, 5.41) is 4.90. The second-order valence-electron chi connectivity index (χ2n) is 2.86. The maximum atomic E-state index is 10.7. The van der Waals surface area contributed by atoms with Crippen LogP contribution in [0, 0.1) is 0 Å². The van der Waals surface area contributed by atoms with Gasteiger partial charge in [0.1, 0.15) is 11.9 Å². The quantitative estimate of drug-likeness (QED) is 0.585. The number of carbonyl (C=O) groups is 3. The first-order valence-corrected chi connectivity index (χ1v) is 3.95. The number of Topliss-reactive ketones (excluding diaryl/α,β-unsaturated/α-hetero) is 1. The summed E-state index contributed by atoms with van der Waals surface area (Å²) in [4.78, 5) is 32.0. The highest BCUT2D eigenvalue weighted by molar-refractivity contribution is 5.80. The fraction of sp³-hybridized carbons (Fsp3) is 0.625. The summed E-state index contributed by atoms with van der Waals surface area (Å²) >= 11 is 0. The van der Waals surface area contributed by atoms with Crippen molar-refractivity contribution in [2.75, 3.05) is 0 Å². The summed E-state index contributed by atoms with van der Waals surface area (Å²) in [6.45, 7) is 4.06. The minimum Gasteiger partial charge on any atom is -0.336 e. The Balaban J connectivity index is 4.10. The standard InChI is InChI=1S/C8H14N2O3/c1-5(11)4-8(9-6(2)12)10-7(3)13/h8H,4H2,1-3H3,(H,9,12)(H,10,13). The predicted molar refractivity (Wildman–Crippen MR) is 46.7 cm³/mol. The van der Waals surface area contributed by atoms with E-state index in [1.54, 1.807) is 0 Å². The first-order chi connectivity index (χ1) is 5.91. The van der Waals surface area contributed by atoms with Gasteiger partial charge in [-0.15, -0.1) is 0 Å². The first kappa shape index (κ1) is 11.6. The molecular formula is C8H14N2O3. The van der Waals surface area contributed by atoms with Crippen LogP contribution in [0.2, 0.25) is 0 Å². The average molecular weight is 186 g/mol. The monoisotopic (exact) mass is 186 g/mol. The predicted octanol–water partition coefficient (Wildman–Crippen LogP) is -0.436. The molecule has 0 aliphatic heterocycles. The maximum absolute atomic E-state index is 10.7. The van der Waals surface area contributed by atoms with Gasteiger partial charge in [0.2, 0.25) is 11.8 Å². The number of ketones is 1. The zero-order valence-corrected chi connectivity index (χ0v) is 8.01. The molecule has 74 valence electrons. The van der Waals surface area contributed by atoms with Crippen molar-refractivity contribution in [1.29, 1.82) is 0 Å². The fourth-order valence-electron chi connectivity index (χ4n) is 0.916. The van der Waals surface area contributed by atoms with Crippen LogP contribution in [0.3, 0.4) is 0 Å². The largest absolute Gasteiger partial charge is 0.336 e. The summed E-state index contributed by atoms with van der Waals surface area (Å²) < 4.78 is 0. The van der Waals surface area contributed by atoms with Crippen molar-refractivity contribution in [3.8, 4) is 0 Å². The molecule has 0 bridgehead atoms. The third kappa shape index (κ3) is 6.99. The van der Waals surface area contributed by atoms with Crippen molar-refractivity contribution in [2.24, 2.45) is 0 Å². The van der Waals surface area contributed by atoms with Gasteiger partial charge in [-0.2, -0.15) is 0 Å². The molecule has 0 heterocycles. The van der Waals surface area contributed by atoms with Crippen LogP contribution in [0.4, 0.5) is 0 Å². The minimum atomic E-state index is -0.590. The van der Waals surface area contributed by atoms with E-state index < -0.39 is 6.17 Å². The number of nitrogens with one attached hydrogen (secondary N) is 2. The topological polar surface area (TPSA) is 75.3 Å². The fourth-order valence-corrected chi connectivity index (χ4v) is 0.916. The molecule has 13 heavy (non-hydrogen) atoms. The van der Waals surface area contributed by atoms with Gasteiger partial charge in [-0.25, -0.2) is 0 Å². The number of carbonyl (C=O) groups excluding carboxylic acids is 3. The van der Waals surface area contributed by atoms with E-state index in [2.05, 4.69) is 10.6 Å². The van der Waals surface area contributed by atoms with E-state index in [0.29, 0.717) is 0 Å². The van der Waals surface area contributed by atoms with E-state index in [9.17, 15) is 14.4 Å². The number of rotatable bonds is 4. The summed E-state index contributed by atoms with van der Waals surface area (Å²) in [6.07, 6.45) is -0.480. The van der Waals surface area contributed by atoms with Crippen LogP contribution in [0.25, 0.3) is 0 Å². The number of amides is 2. The molecule has 0 fully saturated rings. The van der Waals surface area contributed by atoms with E-state index >= 15 is 0 Å². The van der Waals surface area contributed by atoms with Crippen LogP contribution >= 0.6 is 0 Å². The van der Waals surface area contributed by atoms with E-state index in [1.807, 2.05) is 0 Å². The molecule has 0 aromatic rings. The highest BCUT2D eigenvalue weighted by atomic mass is 16.2. The van der Waals surface area contributed by atoms with Crippen molar-refractivity contribution in [3.63, 3.8) is 0 Å². The van der Waals surface area contributed by atoms with Gasteiger partial charge >= 0.3 is 0 Å². The van der Waals surface area contributed by atoms with Crippen LogP contribution in [0.1, 0.15) is 27.2 Å². The molecule has 0 saturated carbocycles. The molecule has 0 aromatic carbocycles. The van der Waals surface area contributed by atoms with Gasteiger partial charge in [0.25, 0.3) is 0 Å². The van der Waals surface area contributed by atoms with Crippen LogP contribution < -0.4 is 10.6 Å². The maximum Gasteiger partial charge on any atom is 0.218 e. The third-order valence-corrected chi connectivity index (χ3v) is 1.25. The van der Waals surface area contributed by atoms with Gasteiger partial charge in [0.15, 0.2) is 0 Å². The Morgan fingerprint density at radius 2 is 1.38 bits per heavy atom. The normalized spacial score (nSPS) is 9.54.